The van der Waals surface area contributed by atoms with Gasteiger partial charge in [-0.05, 0) is 44.2 Å². The average Bonchev–Trinajstić information content (AvgIpc) is 2.90. The molecule has 0 unspecified atom stereocenters. The second-order valence-corrected chi connectivity index (χ2v) is 5.88. The van der Waals surface area contributed by atoms with Crippen molar-refractivity contribution in [1.82, 2.24) is 19.9 Å². The lowest BCUT2D eigenvalue weighted by Crippen LogP contribution is -2.33. The van der Waals surface area contributed by atoms with Crippen LogP contribution in [0.1, 0.15) is 23.0 Å². The van der Waals surface area contributed by atoms with Crippen molar-refractivity contribution in [3.05, 3.63) is 59.0 Å². The molecule has 1 aromatic carbocycles. The molecule has 0 saturated carbocycles. The average molecular weight is 345 g/mol. The van der Waals surface area contributed by atoms with Crippen LogP contribution in [0.5, 0.6) is 5.75 Å². The van der Waals surface area contributed by atoms with E-state index in [0.717, 1.165) is 0 Å². The van der Waals surface area contributed by atoms with Gasteiger partial charge in [-0.2, -0.15) is 5.10 Å². The molecule has 1 N–H and O–H groups in total. The van der Waals surface area contributed by atoms with Crippen LogP contribution in [0.2, 0.25) is 5.02 Å². The van der Waals surface area contributed by atoms with Crippen LogP contribution in [0, 0.1) is 6.92 Å². The molecule has 0 aliphatic heterocycles. The van der Waals surface area contributed by atoms with E-state index in [1.54, 1.807) is 54.2 Å². The lowest BCUT2D eigenvalue weighted by Gasteiger charge is -2.15. The largest absolute Gasteiger partial charge is 0.489 e. The number of carbonyl (C=O) groups excluding carboxylic acids is 1. The van der Waals surface area contributed by atoms with E-state index in [0.29, 0.717) is 34.2 Å². The van der Waals surface area contributed by atoms with Gasteiger partial charge in [-0.25, -0.2) is 9.50 Å². The minimum Gasteiger partial charge on any atom is -0.489 e. The maximum atomic E-state index is 12.5. The van der Waals surface area contributed by atoms with E-state index in [1.807, 2.05) is 6.92 Å². The summed E-state index contributed by atoms with van der Waals surface area (Å²) in [6.45, 7) is 4.04. The van der Waals surface area contributed by atoms with E-state index in [-0.39, 0.29) is 12.0 Å². The van der Waals surface area contributed by atoms with Crippen LogP contribution in [0.25, 0.3) is 5.65 Å². The highest BCUT2D eigenvalue weighted by Crippen LogP contribution is 2.17. The maximum Gasteiger partial charge on any atom is 0.257 e. The van der Waals surface area contributed by atoms with Gasteiger partial charge < -0.3 is 10.1 Å². The van der Waals surface area contributed by atoms with Gasteiger partial charge in [0.05, 0.1) is 12.2 Å². The summed E-state index contributed by atoms with van der Waals surface area (Å²) in [5.74, 6) is 0.489. The maximum absolute atomic E-state index is 12.5. The van der Waals surface area contributed by atoms with Gasteiger partial charge in [0.15, 0.2) is 5.65 Å². The summed E-state index contributed by atoms with van der Waals surface area (Å²) < 4.78 is 7.34. The Morgan fingerprint density at radius 3 is 2.88 bits per heavy atom. The van der Waals surface area contributed by atoms with Crippen molar-refractivity contribution in [2.24, 2.45) is 0 Å². The van der Waals surface area contributed by atoms with E-state index in [1.165, 1.54) is 0 Å². The fraction of sp³-hybridized carbons (Fsp3) is 0.235. The first-order valence-corrected chi connectivity index (χ1v) is 7.93. The topological polar surface area (TPSA) is 68.5 Å². The number of aromatic nitrogens is 3. The Kier molecular flexibility index (Phi) is 4.66. The molecular weight excluding hydrogens is 328 g/mol. The number of hydrogen-bond acceptors (Lipinski definition) is 4. The third kappa shape index (κ3) is 3.49. The number of ether oxygens (including phenoxy) is 1. The summed E-state index contributed by atoms with van der Waals surface area (Å²) in [5.41, 5.74) is 1.66. The Morgan fingerprint density at radius 2 is 2.12 bits per heavy atom. The summed E-state index contributed by atoms with van der Waals surface area (Å²) in [7, 11) is 0. The molecule has 2 heterocycles. The number of rotatable bonds is 5. The molecule has 1 amide bonds. The Hall–Kier alpha value is -2.60. The molecule has 7 heteroatoms. The Bertz CT molecular complexity index is 861. The minimum atomic E-state index is -0.215. The van der Waals surface area contributed by atoms with Crippen molar-refractivity contribution in [3.8, 4) is 5.75 Å². The summed E-state index contributed by atoms with van der Waals surface area (Å²) in [6, 6.07) is 8.87. The molecule has 0 aliphatic carbocycles. The van der Waals surface area contributed by atoms with Gasteiger partial charge in [-0.3, -0.25) is 4.79 Å². The van der Waals surface area contributed by atoms with Gasteiger partial charge in [-0.1, -0.05) is 11.6 Å². The summed E-state index contributed by atoms with van der Waals surface area (Å²) in [5, 5.41) is 7.81. The Balaban J connectivity index is 1.64. The Morgan fingerprint density at radius 1 is 1.38 bits per heavy atom. The normalized spacial score (nSPS) is 12.1. The van der Waals surface area contributed by atoms with Crippen LogP contribution in [-0.2, 0) is 0 Å². The molecule has 124 valence electrons. The number of aryl methyl sites for hydroxylation is 1. The molecule has 2 aromatic heterocycles. The minimum absolute atomic E-state index is 0.190. The van der Waals surface area contributed by atoms with Crippen molar-refractivity contribution >= 4 is 23.2 Å². The molecule has 0 bridgehead atoms. The molecule has 24 heavy (non-hydrogen) atoms. The number of nitrogens with one attached hydrogen (secondary N) is 1. The van der Waals surface area contributed by atoms with Crippen LogP contribution in [0.15, 0.2) is 42.7 Å². The fourth-order valence-electron chi connectivity index (χ4n) is 2.37. The van der Waals surface area contributed by atoms with Crippen LogP contribution in [0.3, 0.4) is 0 Å². The first-order chi connectivity index (χ1) is 11.5. The molecule has 0 fully saturated rings. The number of benzene rings is 1. The predicted octanol–water partition coefficient (Wildman–Crippen LogP) is 2.89. The first-order valence-electron chi connectivity index (χ1n) is 7.55. The molecule has 3 rings (SSSR count). The van der Waals surface area contributed by atoms with Crippen LogP contribution >= 0.6 is 11.6 Å². The highest BCUT2D eigenvalue weighted by atomic mass is 35.5. The van der Waals surface area contributed by atoms with E-state index >= 15 is 0 Å². The molecule has 0 saturated heterocycles. The number of halogens is 1. The van der Waals surface area contributed by atoms with Crippen molar-refractivity contribution < 1.29 is 9.53 Å². The zero-order chi connectivity index (χ0) is 17.1. The van der Waals surface area contributed by atoms with Crippen molar-refractivity contribution in [2.45, 2.75) is 20.0 Å². The van der Waals surface area contributed by atoms with E-state index in [2.05, 4.69) is 15.4 Å². The number of fused-ring (bicyclic) bond motifs is 1. The zero-order valence-corrected chi connectivity index (χ0v) is 14.1. The fourth-order valence-corrected chi connectivity index (χ4v) is 2.50. The third-order valence-electron chi connectivity index (χ3n) is 3.50. The zero-order valence-electron chi connectivity index (χ0n) is 13.4. The highest BCUT2D eigenvalue weighted by molar-refractivity contribution is 6.30. The van der Waals surface area contributed by atoms with Crippen LogP contribution in [0.4, 0.5) is 0 Å². The number of carbonyl (C=O) groups is 1. The molecular formula is C17H17ClN4O2. The quantitative estimate of drug-likeness (QED) is 0.772. The molecule has 6 nitrogen and oxygen atoms in total. The monoisotopic (exact) mass is 344 g/mol. The lowest BCUT2D eigenvalue weighted by atomic mass is 10.2. The summed E-state index contributed by atoms with van der Waals surface area (Å²) in [6.07, 6.45) is 3.21. The summed E-state index contributed by atoms with van der Waals surface area (Å²) >= 11 is 5.84. The standard InChI is InChI=1S/C17H17ClN4O2/c1-11(24-14-6-4-13(18)5-7-14)10-20-17(23)15-12(2)21-22-9-3-8-19-16(15)22/h3-9,11H,10H2,1-2H3,(H,20,23)/t11-/m0/s1. The molecule has 0 radical (unpaired) electrons. The van der Waals surface area contributed by atoms with Gasteiger partial charge in [0.25, 0.3) is 5.91 Å². The Labute approximate surface area is 144 Å². The molecule has 3 aromatic rings. The smallest absolute Gasteiger partial charge is 0.257 e. The van der Waals surface area contributed by atoms with Gasteiger partial charge in [0.1, 0.15) is 17.4 Å². The first kappa shape index (κ1) is 16.3. The number of hydrogen-bond donors (Lipinski definition) is 1. The SMILES string of the molecule is Cc1nn2cccnc2c1C(=O)NC[C@H](C)Oc1ccc(Cl)cc1. The number of nitrogens with zero attached hydrogens (tertiary/aromatic N) is 3. The third-order valence-corrected chi connectivity index (χ3v) is 3.75. The second kappa shape index (κ2) is 6.88. The van der Waals surface area contributed by atoms with Crippen molar-refractivity contribution in [1.29, 1.82) is 0 Å². The molecule has 0 spiro atoms. The second-order valence-electron chi connectivity index (χ2n) is 5.44. The van der Waals surface area contributed by atoms with E-state index in [4.69, 9.17) is 16.3 Å². The van der Waals surface area contributed by atoms with E-state index < -0.39 is 0 Å². The van der Waals surface area contributed by atoms with Gasteiger partial charge in [0, 0.05) is 17.4 Å². The van der Waals surface area contributed by atoms with Crippen LogP contribution in [-0.4, -0.2) is 33.2 Å². The molecule has 1 atom stereocenters. The highest BCUT2D eigenvalue weighted by Gasteiger charge is 2.18. The van der Waals surface area contributed by atoms with Gasteiger partial charge in [-0.15, -0.1) is 0 Å². The lowest BCUT2D eigenvalue weighted by molar-refractivity contribution is 0.0933. The van der Waals surface area contributed by atoms with E-state index in [9.17, 15) is 4.79 Å². The predicted molar refractivity (Wildman–Crippen MR) is 91.6 cm³/mol. The number of amides is 1. The van der Waals surface area contributed by atoms with Crippen molar-refractivity contribution in [2.75, 3.05) is 6.54 Å². The van der Waals surface area contributed by atoms with Crippen molar-refractivity contribution in [3.63, 3.8) is 0 Å². The van der Waals surface area contributed by atoms with Crippen LogP contribution < -0.4 is 10.1 Å². The molecule has 0 aliphatic rings. The summed E-state index contributed by atoms with van der Waals surface area (Å²) in [4.78, 5) is 16.7. The van der Waals surface area contributed by atoms with Gasteiger partial charge in [0.2, 0.25) is 0 Å². The van der Waals surface area contributed by atoms with Gasteiger partial charge >= 0.3 is 0 Å².